The molecule has 0 spiro atoms. The zero-order valence-electron chi connectivity index (χ0n) is 13.2. The second-order valence-electron chi connectivity index (χ2n) is 6.61. The molecule has 0 atom stereocenters. The number of amides is 1. The lowest BCUT2D eigenvalue weighted by Crippen LogP contribution is -2.38. The fourth-order valence-electron chi connectivity index (χ4n) is 1.51. The number of carbonyl (C=O) groups excluding carboxylic acids is 1. The molecule has 0 fully saturated rings. The van der Waals surface area contributed by atoms with E-state index in [1.165, 1.54) is 0 Å². The Bertz CT molecular complexity index is 512. The second kappa shape index (κ2) is 6.16. The van der Waals surface area contributed by atoms with Crippen molar-refractivity contribution in [2.75, 3.05) is 6.54 Å². The highest BCUT2D eigenvalue weighted by Crippen LogP contribution is 2.19. The molecule has 0 aliphatic heterocycles. The highest BCUT2D eigenvalue weighted by atomic mass is 16.5. The molecule has 0 heterocycles. The van der Waals surface area contributed by atoms with E-state index in [-0.39, 0.29) is 18.1 Å². The minimum absolute atomic E-state index is 0.0708. The number of rotatable bonds is 5. The Morgan fingerprint density at radius 1 is 1.10 bits per heavy atom. The summed E-state index contributed by atoms with van der Waals surface area (Å²) >= 11 is 0. The molecule has 0 aromatic heterocycles. The van der Waals surface area contributed by atoms with Crippen LogP contribution in [-0.2, 0) is 4.79 Å². The van der Waals surface area contributed by atoms with Gasteiger partial charge in [-0.25, -0.2) is 0 Å². The first kappa shape index (κ1) is 17.0. The maximum Gasteiger partial charge on any atom is 0.310 e. The Balaban J connectivity index is 2.66. The second-order valence-corrected chi connectivity index (χ2v) is 6.61. The Kier molecular flexibility index (Phi) is 4.99. The number of hydrogen-bond donors (Lipinski definition) is 2. The maximum atomic E-state index is 12.0. The zero-order valence-corrected chi connectivity index (χ0v) is 13.2. The third kappa shape index (κ3) is 5.45. The van der Waals surface area contributed by atoms with E-state index in [1.807, 2.05) is 20.8 Å². The van der Waals surface area contributed by atoms with Crippen LogP contribution >= 0.6 is 0 Å². The highest BCUT2D eigenvalue weighted by molar-refractivity contribution is 5.94. The lowest BCUT2D eigenvalue weighted by atomic mass is 9.94. The van der Waals surface area contributed by atoms with Gasteiger partial charge in [-0.2, -0.15) is 0 Å². The van der Waals surface area contributed by atoms with Gasteiger partial charge in [-0.05, 0) is 58.9 Å². The third-order valence-corrected chi connectivity index (χ3v) is 2.81. The SMILES string of the molecule is CC(C)(C)Oc1ccc(C(=O)NCC(C)(C)C(=O)O)cc1. The van der Waals surface area contributed by atoms with Crippen LogP contribution in [0.3, 0.4) is 0 Å². The molecule has 1 amide bonds. The van der Waals surface area contributed by atoms with Gasteiger partial charge in [0.1, 0.15) is 11.4 Å². The smallest absolute Gasteiger partial charge is 0.310 e. The van der Waals surface area contributed by atoms with Crippen molar-refractivity contribution >= 4 is 11.9 Å². The Morgan fingerprint density at radius 2 is 1.62 bits per heavy atom. The molecular weight excluding hydrogens is 270 g/mol. The number of carboxylic acid groups (broad SMARTS) is 1. The summed E-state index contributed by atoms with van der Waals surface area (Å²) in [6.45, 7) is 9.04. The molecule has 0 bridgehead atoms. The summed E-state index contributed by atoms with van der Waals surface area (Å²) in [5.41, 5.74) is -0.822. The van der Waals surface area contributed by atoms with Crippen molar-refractivity contribution in [1.29, 1.82) is 0 Å². The molecule has 2 N–H and O–H groups in total. The molecule has 5 heteroatoms. The lowest BCUT2D eigenvalue weighted by molar-refractivity contribution is -0.146. The van der Waals surface area contributed by atoms with Crippen LogP contribution in [0.4, 0.5) is 0 Å². The van der Waals surface area contributed by atoms with Crippen LogP contribution in [0, 0.1) is 5.41 Å². The number of benzene rings is 1. The van der Waals surface area contributed by atoms with Gasteiger partial charge in [-0.1, -0.05) is 0 Å². The summed E-state index contributed by atoms with van der Waals surface area (Å²) in [7, 11) is 0. The molecule has 1 aromatic carbocycles. The van der Waals surface area contributed by atoms with E-state index in [9.17, 15) is 9.59 Å². The van der Waals surface area contributed by atoms with Crippen molar-refractivity contribution in [3.05, 3.63) is 29.8 Å². The van der Waals surface area contributed by atoms with E-state index in [0.29, 0.717) is 11.3 Å². The van der Waals surface area contributed by atoms with Crippen molar-refractivity contribution in [2.24, 2.45) is 5.41 Å². The first-order chi connectivity index (χ1) is 9.51. The number of carbonyl (C=O) groups is 2. The van der Waals surface area contributed by atoms with E-state index >= 15 is 0 Å². The number of ether oxygens (including phenoxy) is 1. The standard InChI is InChI=1S/C16H23NO4/c1-15(2,3)21-12-8-6-11(7-9-12)13(18)17-10-16(4,5)14(19)20/h6-9H,10H2,1-5H3,(H,17,18)(H,19,20). The van der Waals surface area contributed by atoms with Crippen LogP contribution in [0.1, 0.15) is 45.0 Å². The van der Waals surface area contributed by atoms with Gasteiger partial charge in [0.25, 0.3) is 5.91 Å². The first-order valence-electron chi connectivity index (χ1n) is 6.82. The van der Waals surface area contributed by atoms with Crippen LogP contribution in [-0.4, -0.2) is 29.1 Å². The van der Waals surface area contributed by atoms with E-state index in [4.69, 9.17) is 9.84 Å². The van der Waals surface area contributed by atoms with E-state index in [1.54, 1.807) is 38.1 Å². The minimum Gasteiger partial charge on any atom is -0.488 e. The topological polar surface area (TPSA) is 75.6 Å². The monoisotopic (exact) mass is 293 g/mol. The third-order valence-electron chi connectivity index (χ3n) is 2.81. The van der Waals surface area contributed by atoms with E-state index in [0.717, 1.165) is 0 Å². The molecule has 0 saturated carbocycles. The van der Waals surface area contributed by atoms with E-state index < -0.39 is 11.4 Å². The van der Waals surface area contributed by atoms with Crippen molar-refractivity contribution in [3.63, 3.8) is 0 Å². The molecule has 0 radical (unpaired) electrons. The molecular formula is C16H23NO4. The largest absolute Gasteiger partial charge is 0.488 e. The normalized spacial score (nSPS) is 11.9. The molecule has 0 aliphatic rings. The molecule has 1 aromatic rings. The Hall–Kier alpha value is -2.04. The van der Waals surface area contributed by atoms with Crippen LogP contribution < -0.4 is 10.1 Å². The number of nitrogens with one attached hydrogen (secondary N) is 1. The van der Waals surface area contributed by atoms with Gasteiger partial charge in [-0.15, -0.1) is 0 Å². The van der Waals surface area contributed by atoms with Crippen LogP contribution in [0.2, 0.25) is 0 Å². The van der Waals surface area contributed by atoms with Gasteiger partial charge in [0.05, 0.1) is 5.41 Å². The molecule has 116 valence electrons. The fourth-order valence-corrected chi connectivity index (χ4v) is 1.51. The van der Waals surface area contributed by atoms with Crippen LogP contribution in [0.25, 0.3) is 0 Å². The molecule has 0 aliphatic carbocycles. The van der Waals surface area contributed by atoms with Gasteiger partial charge in [0.2, 0.25) is 0 Å². The summed E-state index contributed by atoms with van der Waals surface area (Å²) in [5, 5.41) is 11.6. The zero-order chi connectivity index (χ0) is 16.3. The van der Waals surface area contributed by atoms with Crippen LogP contribution in [0.5, 0.6) is 5.75 Å². The van der Waals surface area contributed by atoms with E-state index in [2.05, 4.69) is 5.32 Å². The summed E-state index contributed by atoms with van der Waals surface area (Å²) < 4.78 is 5.67. The van der Waals surface area contributed by atoms with Crippen molar-refractivity contribution in [2.45, 2.75) is 40.2 Å². The minimum atomic E-state index is -0.995. The van der Waals surface area contributed by atoms with Gasteiger partial charge in [-0.3, -0.25) is 9.59 Å². The molecule has 5 nitrogen and oxygen atoms in total. The summed E-state index contributed by atoms with van der Waals surface area (Å²) in [5.74, 6) is -0.562. The average molecular weight is 293 g/mol. The summed E-state index contributed by atoms with van der Waals surface area (Å²) in [4.78, 5) is 22.9. The number of hydrogen-bond acceptors (Lipinski definition) is 3. The fraction of sp³-hybridized carbons (Fsp3) is 0.500. The highest BCUT2D eigenvalue weighted by Gasteiger charge is 2.27. The maximum absolute atomic E-state index is 12.0. The first-order valence-corrected chi connectivity index (χ1v) is 6.82. The van der Waals surface area contributed by atoms with Gasteiger partial charge in [0, 0.05) is 12.1 Å². The predicted molar refractivity (Wildman–Crippen MR) is 80.6 cm³/mol. The van der Waals surface area contributed by atoms with Crippen molar-refractivity contribution < 1.29 is 19.4 Å². The average Bonchev–Trinajstić information content (AvgIpc) is 2.35. The molecule has 0 unspecified atom stereocenters. The quantitative estimate of drug-likeness (QED) is 0.875. The number of aliphatic carboxylic acids is 1. The van der Waals surface area contributed by atoms with Crippen molar-refractivity contribution in [3.8, 4) is 5.75 Å². The van der Waals surface area contributed by atoms with Gasteiger partial charge < -0.3 is 15.2 Å². The molecule has 21 heavy (non-hydrogen) atoms. The van der Waals surface area contributed by atoms with Gasteiger partial charge in [0.15, 0.2) is 0 Å². The summed E-state index contributed by atoms with van der Waals surface area (Å²) in [6.07, 6.45) is 0. The van der Waals surface area contributed by atoms with Crippen LogP contribution in [0.15, 0.2) is 24.3 Å². The molecule has 0 saturated heterocycles. The van der Waals surface area contributed by atoms with Gasteiger partial charge >= 0.3 is 5.97 Å². The Labute approximate surface area is 125 Å². The Morgan fingerprint density at radius 3 is 2.05 bits per heavy atom. The molecule has 1 rings (SSSR count). The summed E-state index contributed by atoms with van der Waals surface area (Å²) in [6, 6.07) is 6.76. The van der Waals surface area contributed by atoms with Crippen molar-refractivity contribution in [1.82, 2.24) is 5.32 Å². The predicted octanol–water partition coefficient (Wildman–Crippen LogP) is 2.70. The lowest BCUT2D eigenvalue weighted by Gasteiger charge is -2.21. The number of carboxylic acids is 1.